The highest BCUT2D eigenvalue weighted by molar-refractivity contribution is 6.17. The van der Waals surface area contributed by atoms with Gasteiger partial charge >= 0.3 is 0 Å². The Labute approximate surface area is 129 Å². The quantitative estimate of drug-likeness (QED) is 0.814. The Morgan fingerprint density at radius 2 is 2.43 bits per heavy atom. The number of imidazole rings is 1. The lowest BCUT2D eigenvalue weighted by molar-refractivity contribution is 0.175. The molecule has 0 bridgehead atoms. The van der Waals surface area contributed by atoms with Crippen LogP contribution in [-0.2, 0) is 11.2 Å². The van der Waals surface area contributed by atoms with Gasteiger partial charge in [-0.2, -0.15) is 5.26 Å². The number of fused-ring (bicyclic) bond motifs is 1. The number of rotatable bonds is 4. The maximum Gasteiger partial charge on any atom is 0.111 e. The summed E-state index contributed by atoms with van der Waals surface area (Å²) in [6.45, 7) is 3.83. The van der Waals surface area contributed by atoms with E-state index in [-0.39, 0.29) is 0 Å². The molecular formula is C16H18ClN3O. The van der Waals surface area contributed by atoms with Gasteiger partial charge in [-0.15, -0.1) is 11.6 Å². The Kier molecular flexibility index (Phi) is 4.14. The summed E-state index contributed by atoms with van der Waals surface area (Å²) < 4.78 is 7.77. The Morgan fingerprint density at radius 3 is 3.10 bits per heavy atom. The second kappa shape index (κ2) is 6.05. The number of aromatic nitrogens is 2. The van der Waals surface area contributed by atoms with Gasteiger partial charge in [0.15, 0.2) is 0 Å². The first-order valence-corrected chi connectivity index (χ1v) is 7.83. The van der Waals surface area contributed by atoms with E-state index in [1.807, 2.05) is 18.2 Å². The van der Waals surface area contributed by atoms with Crippen molar-refractivity contribution in [3.8, 4) is 6.07 Å². The van der Waals surface area contributed by atoms with Crippen molar-refractivity contribution in [2.24, 2.45) is 5.92 Å². The van der Waals surface area contributed by atoms with E-state index in [0.717, 1.165) is 36.5 Å². The Morgan fingerprint density at radius 1 is 1.57 bits per heavy atom. The van der Waals surface area contributed by atoms with Crippen molar-refractivity contribution in [3.05, 3.63) is 29.6 Å². The van der Waals surface area contributed by atoms with Gasteiger partial charge in [0, 0.05) is 30.9 Å². The second-order valence-electron chi connectivity index (χ2n) is 5.49. The van der Waals surface area contributed by atoms with E-state index < -0.39 is 0 Å². The molecule has 1 aliphatic heterocycles. The third-order valence-corrected chi connectivity index (χ3v) is 4.48. The highest BCUT2D eigenvalue weighted by Gasteiger charge is 2.27. The van der Waals surface area contributed by atoms with Gasteiger partial charge in [0.1, 0.15) is 17.4 Å². The van der Waals surface area contributed by atoms with Gasteiger partial charge in [-0.25, -0.2) is 4.98 Å². The number of hydrogen-bond acceptors (Lipinski definition) is 3. The molecule has 1 aromatic heterocycles. The Bertz CT molecular complexity index is 683. The average molecular weight is 304 g/mol. The molecule has 5 heteroatoms. The molecule has 0 amide bonds. The number of halogens is 1. The molecule has 2 atom stereocenters. The Balaban J connectivity index is 2.14. The van der Waals surface area contributed by atoms with Gasteiger partial charge in [-0.05, 0) is 25.5 Å². The predicted octanol–water partition coefficient (Wildman–Crippen LogP) is 3.29. The van der Waals surface area contributed by atoms with Gasteiger partial charge in [-0.3, -0.25) is 0 Å². The summed E-state index contributed by atoms with van der Waals surface area (Å²) in [5.41, 5.74) is 2.43. The molecule has 3 rings (SSSR count). The van der Waals surface area contributed by atoms with Crippen LogP contribution in [0.2, 0.25) is 0 Å². The standard InChI is InChI=1S/C16H18ClN3O/c1-11(13-6-8-21-10-13)20-14-4-2-3-12(9-18)16(14)19-15(20)5-7-17/h2-4,11,13H,5-8,10H2,1H3. The fraction of sp³-hybridized carbons (Fsp3) is 0.500. The van der Waals surface area contributed by atoms with E-state index in [9.17, 15) is 5.26 Å². The van der Waals surface area contributed by atoms with Gasteiger partial charge in [0.2, 0.25) is 0 Å². The van der Waals surface area contributed by atoms with Crippen molar-refractivity contribution in [1.82, 2.24) is 9.55 Å². The zero-order chi connectivity index (χ0) is 14.8. The topological polar surface area (TPSA) is 50.8 Å². The van der Waals surface area contributed by atoms with E-state index in [1.54, 1.807) is 0 Å². The summed E-state index contributed by atoms with van der Waals surface area (Å²) in [5.74, 6) is 1.98. The molecule has 2 unspecified atom stereocenters. The van der Waals surface area contributed by atoms with E-state index >= 15 is 0 Å². The largest absolute Gasteiger partial charge is 0.381 e. The highest BCUT2D eigenvalue weighted by atomic mass is 35.5. The zero-order valence-corrected chi connectivity index (χ0v) is 12.8. The van der Waals surface area contributed by atoms with Crippen LogP contribution in [0.15, 0.2) is 18.2 Å². The molecule has 1 aromatic carbocycles. The first-order valence-electron chi connectivity index (χ1n) is 7.30. The van der Waals surface area contributed by atoms with Crippen LogP contribution in [0, 0.1) is 17.2 Å². The van der Waals surface area contributed by atoms with E-state index in [0.29, 0.717) is 29.8 Å². The maximum absolute atomic E-state index is 9.27. The van der Waals surface area contributed by atoms with Crippen molar-refractivity contribution in [3.63, 3.8) is 0 Å². The highest BCUT2D eigenvalue weighted by Crippen LogP contribution is 2.31. The molecule has 4 nitrogen and oxygen atoms in total. The van der Waals surface area contributed by atoms with Crippen molar-refractivity contribution in [1.29, 1.82) is 5.26 Å². The van der Waals surface area contributed by atoms with Crippen molar-refractivity contribution < 1.29 is 4.74 Å². The molecule has 2 heterocycles. The van der Waals surface area contributed by atoms with Gasteiger partial charge in [0.05, 0.1) is 17.7 Å². The molecule has 0 saturated carbocycles. The van der Waals surface area contributed by atoms with Gasteiger partial charge in [0.25, 0.3) is 0 Å². The number of alkyl halides is 1. The molecule has 1 fully saturated rings. The summed E-state index contributed by atoms with van der Waals surface area (Å²) in [4.78, 5) is 4.68. The third-order valence-electron chi connectivity index (χ3n) is 4.29. The van der Waals surface area contributed by atoms with Crippen molar-refractivity contribution >= 4 is 22.6 Å². The lowest BCUT2D eigenvalue weighted by atomic mass is 10.00. The van der Waals surface area contributed by atoms with Crippen LogP contribution in [0.5, 0.6) is 0 Å². The van der Waals surface area contributed by atoms with Crippen molar-refractivity contribution in [2.45, 2.75) is 25.8 Å². The number of hydrogen-bond donors (Lipinski definition) is 0. The lowest BCUT2D eigenvalue weighted by Crippen LogP contribution is -2.19. The second-order valence-corrected chi connectivity index (χ2v) is 5.86. The summed E-state index contributed by atoms with van der Waals surface area (Å²) in [7, 11) is 0. The van der Waals surface area contributed by atoms with E-state index in [2.05, 4.69) is 22.5 Å². The minimum absolute atomic E-state index is 0.296. The van der Waals surface area contributed by atoms with Crippen LogP contribution in [0.25, 0.3) is 11.0 Å². The van der Waals surface area contributed by atoms with Crippen LogP contribution in [-0.4, -0.2) is 28.6 Å². The number of aryl methyl sites for hydroxylation is 1. The average Bonchev–Trinajstić information content (AvgIpc) is 3.14. The van der Waals surface area contributed by atoms with Crippen LogP contribution in [0.1, 0.15) is 30.8 Å². The summed E-state index contributed by atoms with van der Waals surface area (Å²) in [6, 6.07) is 8.29. The normalized spacial score (nSPS) is 19.8. The fourth-order valence-electron chi connectivity index (χ4n) is 3.11. The molecular weight excluding hydrogens is 286 g/mol. The van der Waals surface area contributed by atoms with Gasteiger partial charge < -0.3 is 9.30 Å². The molecule has 0 aliphatic carbocycles. The zero-order valence-electron chi connectivity index (χ0n) is 12.1. The smallest absolute Gasteiger partial charge is 0.111 e. The number of ether oxygens (including phenoxy) is 1. The molecule has 2 aromatic rings. The first kappa shape index (κ1) is 14.4. The third kappa shape index (κ3) is 2.52. The number of para-hydroxylation sites is 1. The van der Waals surface area contributed by atoms with Gasteiger partial charge in [-0.1, -0.05) is 6.07 Å². The molecule has 21 heavy (non-hydrogen) atoms. The summed E-state index contributed by atoms with van der Waals surface area (Å²) >= 11 is 5.93. The summed E-state index contributed by atoms with van der Waals surface area (Å²) in [6.07, 6.45) is 1.78. The first-order chi connectivity index (χ1) is 10.3. The molecule has 0 spiro atoms. The minimum atomic E-state index is 0.296. The van der Waals surface area contributed by atoms with Crippen LogP contribution in [0.4, 0.5) is 0 Å². The molecule has 110 valence electrons. The van der Waals surface area contributed by atoms with Crippen LogP contribution >= 0.6 is 11.6 Å². The maximum atomic E-state index is 9.27. The lowest BCUT2D eigenvalue weighted by Gasteiger charge is -2.22. The van der Waals surface area contributed by atoms with Crippen molar-refractivity contribution in [2.75, 3.05) is 19.1 Å². The number of nitriles is 1. The van der Waals surface area contributed by atoms with Crippen LogP contribution in [0.3, 0.4) is 0 Å². The number of benzene rings is 1. The Hall–Kier alpha value is -1.57. The fourth-order valence-corrected chi connectivity index (χ4v) is 3.28. The molecule has 0 N–H and O–H groups in total. The monoisotopic (exact) mass is 303 g/mol. The van der Waals surface area contributed by atoms with Crippen LogP contribution < -0.4 is 0 Å². The molecule has 0 radical (unpaired) electrons. The molecule has 1 saturated heterocycles. The summed E-state index contributed by atoms with van der Waals surface area (Å²) in [5, 5.41) is 9.27. The molecule has 1 aliphatic rings. The SMILES string of the molecule is CC(C1CCOC1)n1c(CCCl)nc2c(C#N)cccc21. The predicted molar refractivity (Wildman–Crippen MR) is 82.5 cm³/mol. The van der Waals surface area contributed by atoms with E-state index in [4.69, 9.17) is 16.3 Å². The minimum Gasteiger partial charge on any atom is -0.381 e. The van der Waals surface area contributed by atoms with E-state index in [1.165, 1.54) is 0 Å². The number of nitrogens with zero attached hydrogens (tertiary/aromatic N) is 3.